The molecule has 0 bridgehead atoms. The van der Waals surface area contributed by atoms with Crippen LogP contribution in [0.5, 0.6) is 5.75 Å². The molecule has 0 aliphatic carbocycles. The van der Waals surface area contributed by atoms with Gasteiger partial charge in [0.05, 0.1) is 28.6 Å². The van der Waals surface area contributed by atoms with Crippen LogP contribution in [0.15, 0.2) is 70.0 Å². The zero-order chi connectivity index (χ0) is 22.4. The Morgan fingerprint density at radius 3 is 2.62 bits per heavy atom. The number of rotatable bonds is 4. The standard InChI is InChI=1S/C24H16Cl2N2O4/c1-2-31-16-5-3-4-13(10-16)21-20-22(29)17-11-14(25)6-8-18(17)32-23(20)24(30)28(21)19-9-7-15(26)12-27-19/h3-12,21H,2H2,1H3. The van der Waals surface area contributed by atoms with Gasteiger partial charge in [0, 0.05) is 11.2 Å². The Hall–Kier alpha value is -3.35. The highest BCUT2D eigenvalue weighted by Crippen LogP contribution is 2.41. The predicted octanol–water partition coefficient (Wildman–Crippen LogP) is 5.64. The third kappa shape index (κ3) is 3.32. The summed E-state index contributed by atoms with van der Waals surface area (Å²) in [6.45, 7) is 2.37. The van der Waals surface area contributed by atoms with Crippen LogP contribution in [0.3, 0.4) is 0 Å². The van der Waals surface area contributed by atoms with E-state index in [0.717, 1.165) is 0 Å². The second kappa shape index (κ2) is 7.97. The van der Waals surface area contributed by atoms with Crippen molar-refractivity contribution in [2.75, 3.05) is 11.5 Å². The zero-order valence-corrected chi connectivity index (χ0v) is 18.4. The summed E-state index contributed by atoms with van der Waals surface area (Å²) in [5.41, 5.74) is 0.892. The van der Waals surface area contributed by atoms with Crippen molar-refractivity contribution < 1.29 is 13.9 Å². The smallest absolute Gasteiger partial charge is 0.296 e. The lowest BCUT2D eigenvalue weighted by Gasteiger charge is -2.24. The molecule has 2 aromatic carbocycles. The first-order valence-corrected chi connectivity index (χ1v) is 10.7. The molecule has 32 heavy (non-hydrogen) atoms. The Bertz CT molecular complexity index is 1420. The molecule has 160 valence electrons. The molecule has 8 heteroatoms. The Morgan fingerprint density at radius 1 is 1.06 bits per heavy atom. The maximum atomic E-state index is 13.6. The van der Waals surface area contributed by atoms with Crippen LogP contribution < -0.4 is 15.1 Å². The fourth-order valence-corrected chi connectivity index (χ4v) is 4.23. The number of ether oxygens (including phenoxy) is 1. The van der Waals surface area contributed by atoms with Crippen molar-refractivity contribution in [3.05, 3.63) is 97.9 Å². The fraction of sp³-hybridized carbons (Fsp3) is 0.125. The molecule has 0 radical (unpaired) electrons. The number of fused-ring (bicyclic) bond motifs is 2. The number of amides is 1. The van der Waals surface area contributed by atoms with E-state index in [1.807, 2.05) is 25.1 Å². The number of nitrogens with zero attached hydrogens (tertiary/aromatic N) is 2. The van der Waals surface area contributed by atoms with E-state index in [9.17, 15) is 9.59 Å². The van der Waals surface area contributed by atoms with E-state index >= 15 is 0 Å². The van der Waals surface area contributed by atoms with E-state index in [4.69, 9.17) is 32.4 Å². The van der Waals surface area contributed by atoms with Gasteiger partial charge in [-0.15, -0.1) is 0 Å². The first-order chi connectivity index (χ1) is 15.5. The second-order valence-corrected chi connectivity index (χ2v) is 8.11. The van der Waals surface area contributed by atoms with Crippen molar-refractivity contribution in [3.8, 4) is 5.75 Å². The summed E-state index contributed by atoms with van der Waals surface area (Å²) >= 11 is 12.1. The van der Waals surface area contributed by atoms with Crippen LogP contribution >= 0.6 is 23.2 Å². The summed E-state index contributed by atoms with van der Waals surface area (Å²) in [6.07, 6.45) is 1.45. The van der Waals surface area contributed by atoms with Crippen LogP contribution in [0.1, 0.15) is 34.6 Å². The first kappa shape index (κ1) is 20.5. The van der Waals surface area contributed by atoms with E-state index in [-0.39, 0.29) is 16.8 Å². The van der Waals surface area contributed by atoms with Crippen molar-refractivity contribution in [2.45, 2.75) is 13.0 Å². The lowest BCUT2D eigenvalue weighted by Crippen LogP contribution is -2.30. The van der Waals surface area contributed by atoms with Crippen LogP contribution in [0.4, 0.5) is 5.82 Å². The van der Waals surface area contributed by atoms with Gasteiger partial charge in [0.1, 0.15) is 17.2 Å². The van der Waals surface area contributed by atoms with Gasteiger partial charge < -0.3 is 9.15 Å². The minimum atomic E-state index is -0.758. The molecule has 5 rings (SSSR count). The Labute approximate surface area is 193 Å². The van der Waals surface area contributed by atoms with Crippen LogP contribution in [0, 0.1) is 0 Å². The van der Waals surface area contributed by atoms with Crippen LogP contribution in [-0.4, -0.2) is 17.5 Å². The third-order valence-electron chi connectivity index (χ3n) is 5.28. The number of carbonyl (C=O) groups excluding carboxylic acids is 1. The highest BCUT2D eigenvalue weighted by Gasteiger charge is 2.44. The quantitative estimate of drug-likeness (QED) is 0.388. The summed E-state index contributed by atoms with van der Waals surface area (Å²) in [7, 11) is 0. The normalized spacial score (nSPS) is 15.3. The van der Waals surface area contributed by atoms with E-state index in [1.54, 1.807) is 36.4 Å². The molecule has 1 amide bonds. The van der Waals surface area contributed by atoms with Crippen molar-refractivity contribution in [3.63, 3.8) is 0 Å². The van der Waals surface area contributed by atoms with Gasteiger partial charge in [-0.3, -0.25) is 14.5 Å². The molecule has 0 saturated carbocycles. The highest BCUT2D eigenvalue weighted by atomic mass is 35.5. The summed E-state index contributed by atoms with van der Waals surface area (Å²) in [5.74, 6) is 0.492. The van der Waals surface area contributed by atoms with Crippen molar-refractivity contribution in [2.24, 2.45) is 0 Å². The molecule has 2 aromatic heterocycles. The molecule has 4 aromatic rings. The lowest BCUT2D eigenvalue weighted by atomic mass is 9.98. The Kier molecular flexibility index (Phi) is 5.12. The van der Waals surface area contributed by atoms with E-state index in [0.29, 0.717) is 44.8 Å². The molecule has 0 fully saturated rings. The number of hydrogen-bond donors (Lipinski definition) is 0. The van der Waals surface area contributed by atoms with Gasteiger partial charge in [0.15, 0.2) is 5.43 Å². The van der Waals surface area contributed by atoms with E-state index in [2.05, 4.69) is 4.98 Å². The van der Waals surface area contributed by atoms with E-state index < -0.39 is 11.9 Å². The van der Waals surface area contributed by atoms with Crippen LogP contribution in [0.25, 0.3) is 11.0 Å². The average molecular weight is 467 g/mol. The van der Waals surface area contributed by atoms with Gasteiger partial charge in [-0.25, -0.2) is 4.98 Å². The van der Waals surface area contributed by atoms with Gasteiger partial charge in [-0.05, 0) is 55.0 Å². The molecule has 1 aliphatic rings. The van der Waals surface area contributed by atoms with E-state index in [1.165, 1.54) is 11.1 Å². The SMILES string of the molecule is CCOc1cccc(C2c3c(oc4ccc(Cl)cc4c3=O)C(=O)N2c2ccc(Cl)cn2)c1. The average Bonchev–Trinajstić information content (AvgIpc) is 3.08. The molecule has 0 saturated heterocycles. The predicted molar refractivity (Wildman–Crippen MR) is 123 cm³/mol. The number of anilines is 1. The summed E-state index contributed by atoms with van der Waals surface area (Å²) < 4.78 is 11.6. The highest BCUT2D eigenvalue weighted by molar-refractivity contribution is 6.31. The van der Waals surface area contributed by atoms with Crippen LogP contribution in [0.2, 0.25) is 10.0 Å². The topological polar surface area (TPSA) is 72.6 Å². The maximum absolute atomic E-state index is 13.6. The summed E-state index contributed by atoms with van der Waals surface area (Å²) in [6, 6.07) is 14.5. The Morgan fingerprint density at radius 2 is 1.88 bits per heavy atom. The second-order valence-electron chi connectivity index (χ2n) is 7.23. The number of carbonyl (C=O) groups is 1. The first-order valence-electron chi connectivity index (χ1n) is 9.92. The van der Waals surface area contributed by atoms with Crippen molar-refractivity contribution in [1.82, 2.24) is 4.98 Å². The summed E-state index contributed by atoms with van der Waals surface area (Å²) in [4.78, 5) is 32.8. The monoisotopic (exact) mass is 466 g/mol. The van der Waals surface area contributed by atoms with Crippen LogP contribution in [-0.2, 0) is 0 Å². The molecule has 1 unspecified atom stereocenters. The number of benzene rings is 2. The van der Waals surface area contributed by atoms with Crippen molar-refractivity contribution in [1.29, 1.82) is 0 Å². The minimum absolute atomic E-state index is 0.0200. The summed E-state index contributed by atoms with van der Waals surface area (Å²) in [5, 5.41) is 1.14. The van der Waals surface area contributed by atoms with Gasteiger partial charge in [0.2, 0.25) is 5.76 Å². The third-order valence-corrected chi connectivity index (χ3v) is 5.73. The molecule has 0 N–H and O–H groups in total. The molecule has 1 aliphatic heterocycles. The molecular weight excluding hydrogens is 451 g/mol. The van der Waals surface area contributed by atoms with Gasteiger partial charge in [-0.2, -0.15) is 0 Å². The van der Waals surface area contributed by atoms with Gasteiger partial charge in [-0.1, -0.05) is 35.3 Å². The molecule has 0 spiro atoms. The molecular formula is C24H16Cl2N2O4. The fourth-order valence-electron chi connectivity index (χ4n) is 3.95. The number of hydrogen-bond acceptors (Lipinski definition) is 5. The molecule has 1 atom stereocenters. The largest absolute Gasteiger partial charge is 0.494 e. The molecule has 3 heterocycles. The zero-order valence-electron chi connectivity index (χ0n) is 16.8. The number of halogens is 2. The lowest BCUT2D eigenvalue weighted by molar-refractivity contribution is 0.0970. The number of aromatic nitrogens is 1. The minimum Gasteiger partial charge on any atom is -0.494 e. The molecule has 6 nitrogen and oxygen atoms in total. The van der Waals surface area contributed by atoms with Gasteiger partial charge in [0.25, 0.3) is 5.91 Å². The van der Waals surface area contributed by atoms with Gasteiger partial charge >= 0.3 is 0 Å². The van der Waals surface area contributed by atoms with Crippen molar-refractivity contribution >= 4 is 45.9 Å². The Balaban J connectivity index is 1.79. The number of pyridine rings is 1. The maximum Gasteiger partial charge on any atom is 0.296 e.